The number of benzene rings is 2. The summed E-state index contributed by atoms with van der Waals surface area (Å²) in [6.07, 6.45) is 1.81. The molecule has 2 aromatic rings. The van der Waals surface area contributed by atoms with Crippen molar-refractivity contribution in [3.8, 4) is 0 Å². The lowest BCUT2D eigenvalue weighted by atomic mass is 10.2. The van der Waals surface area contributed by atoms with Gasteiger partial charge in [-0.05, 0) is 30.7 Å². The van der Waals surface area contributed by atoms with Gasteiger partial charge in [-0.1, -0.05) is 43.7 Å². The SMILES string of the molecule is CCCCN1C(=O)C(N)C(=O)N(c2ccccc2)c2ccccc21. The molecule has 0 bridgehead atoms. The Morgan fingerprint density at radius 2 is 1.54 bits per heavy atom. The Morgan fingerprint density at radius 1 is 0.917 bits per heavy atom. The van der Waals surface area contributed by atoms with E-state index in [2.05, 4.69) is 6.92 Å². The highest BCUT2D eigenvalue weighted by molar-refractivity contribution is 6.22. The zero-order chi connectivity index (χ0) is 17.1. The molecule has 0 aromatic heterocycles. The van der Waals surface area contributed by atoms with Crippen molar-refractivity contribution >= 4 is 28.9 Å². The van der Waals surface area contributed by atoms with Gasteiger partial charge in [0.1, 0.15) is 0 Å². The fourth-order valence-electron chi connectivity index (χ4n) is 2.92. The van der Waals surface area contributed by atoms with Crippen molar-refractivity contribution in [1.29, 1.82) is 0 Å². The number of anilines is 3. The number of hydrogen-bond acceptors (Lipinski definition) is 3. The Morgan fingerprint density at radius 3 is 2.21 bits per heavy atom. The van der Waals surface area contributed by atoms with Crippen molar-refractivity contribution in [2.45, 2.75) is 25.8 Å². The number of hydrogen-bond donors (Lipinski definition) is 1. The van der Waals surface area contributed by atoms with E-state index in [0.29, 0.717) is 17.9 Å². The fraction of sp³-hybridized carbons (Fsp3) is 0.263. The van der Waals surface area contributed by atoms with Crippen molar-refractivity contribution in [1.82, 2.24) is 0 Å². The molecular weight excluding hydrogens is 302 g/mol. The first-order valence-corrected chi connectivity index (χ1v) is 8.20. The van der Waals surface area contributed by atoms with E-state index in [0.717, 1.165) is 18.5 Å². The second kappa shape index (κ2) is 6.84. The molecule has 2 aromatic carbocycles. The third-order valence-corrected chi connectivity index (χ3v) is 4.18. The second-order valence-electron chi connectivity index (χ2n) is 5.82. The fourth-order valence-corrected chi connectivity index (χ4v) is 2.92. The molecule has 1 heterocycles. The summed E-state index contributed by atoms with van der Waals surface area (Å²) in [4.78, 5) is 28.8. The number of amides is 2. The van der Waals surface area contributed by atoms with Crippen molar-refractivity contribution in [2.24, 2.45) is 5.73 Å². The van der Waals surface area contributed by atoms with Crippen LogP contribution in [-0.4, -0.2) is 24.4 Å². The van der Waals surface area contributed by atoms with Gasteiger partial charge >= 0.3 is 0 Å². The van der Waals surface area contributed by atoms with E-state index in [4.69, 9.17) is 5.73 Å². The largest absolute Gasteiger partial charge is 0.312 e. The van der Waals surface area contributed by atoms with Crippen LogP contribution in [0, 0.1) is 0 Å². The molecule has 1 aliphatic heterocycles. The second-order valence-corrected chi connectivity index (χ2v) is 5.82. The normalized spacial score (nSPS) is 17.7. The molecule has 0 fully saturated rings. The summed E-state index contributed by atoms with van der Waals surface area (Å²) in [5.41, 5.74) is 8.12. The monoisotopic (exact) mass is 323 g/mol. The topological polar surface area (TPSA) is 66.6 Å². The zero-order valence-corrected chi connectivity index (χ0v) is 13.7. The minimum atomic E-state index is -1.20. The lowest BCUT2D eigenvalue weighted by Crippen LogP contribution is -2.50. The number of nitrogens with two attached hydrogens (primary N) is 1. The Labute approximate surface area is 141 Å². The summed E-state index contributed by atoms with van der Waals surface area (Å²) >= 11 is 0. The molecule has 2 N–H and O–H groups in total. The predicted molar refractivity (Wildman–Crippen MR) is 95.3 cm³/mol. The molecule has 0 spiro atoms. The molecule has 3 rings (SSSR count). The van der Waals surface area contributed by atoms with Gasteiger partial charge in [-0.15, -0.1) is 0 Å². The Hall–Kier alpha value is -2.66. The van der Waals surface area contributed by atoms with Gasteiger partial charge in [-0.2, -0.15) is 0 Å². The molecule has 5 heteroatoms. The van der Waals surface area contributed by atoms with Crippen molar-refractivity contribution in [3.05, 3.63) is 54.6 Å². The lowest BCUT2D eigenvalue weighted by molar-refractivity contribution is -0.127. The quantitative estimate of drug-likeness (QED) is 0.880. The van der Waals surface area contributed by atoms with Gasteiger partial charge in [0.15, 0.2) is 6.04 Å². The molecule has 5 nitrogen and oxygen atoms in total. The van der Waals surface area contributed by atoms with Crippen LogP contribution in [-0.2, 0) is 9.59 Å². The van der Waals surface area contributed by atoms with Crippen LogP contribution in [0.3, 0.4) is 0 Å². The Balaban J connectivity index is 2.16. The standard InChI is InChI=1S/C19H21N3O2/c1-2-3-13-21-15-11-7-8-12-16(15)22(14-9-5-4-6-10-14)19(24)17(20)18(21)23/h4-12,17H,2-3,13,20H2,1H3. The Bertz CT molecular complexity index is 745. The molecule has 124 valence electrons. The highest BCUT2D eigenvalue weighted by atomic mass is 16.2. The van der Waals surface area contributed by atoms with E-state index in [1.54, 1.807) is 9.80 Å². The minimum absolute atomic E-state index is 0.348. The average molecular weight is 323 g/mol. The van der Waals surface area contributed by atoms with Crippen molar-refractivity contribution in [3.63, 3.8) is 0 Å². The van der Waals surface area contributed by atoms with E-state index in [1.165, 1.54) is 0 Å². The number of unbranched alkanes of at least 4 members (excludes halogenated alkanes) is 1. The van der Waals surface area contributed by atoms with Crippen LogP contribution >= 0.6 is 0 Å². The first-order valence-electron chi connectivity index (χ1n) is 8.20. The number of carbonyl (C=O) groups is 2. The summed E-state index contributed by atoms with van der Waals surface area (Å²) in [6, 6.07) is 15.5. The number of para-hydroxylation sites is 3. The van der Waals surface area contributed by atoms with Gasteiger partial charge in [-0.25, -0.2) is 0 Å². The maximum absolute atomic E-state index is 12.9. The van der Waals surface area contributed by atoms with E-state index in [9.17, 15) is 9.59 Å². The van der Waals surface area contributed by atoms with E-state index in [1.807, 2.05) is 54.6 Å². The van der Waals surface area contributed by atoms with Crippen LogP contribution in [0.15, 0.2) is 54.6 Å². The first kappa shape index (κ1) is 16.2. The zero-order valence-electron chi connectivity index (χ0n) is 13.7. The molecular formula is C19H21N3O2. The van der Waals surface area contributed by atoms with E-state index < -0.39 is 11.9 Å². The number of carbonyl (C=O) groups excluding carboxylic acids is 2. The van der Waals surface area contributed by atoms with Gasteiger partial charge in [0.2, 0.25) is 0 Å². The maximum Gasteiger partial charge on any atom is 0.258 e. The van der Waals surface area contributed by atoms with Crippen LogP contribution < -0.4 is 15.5 Å². The Kier molecular flexibility index (Phi) is 4.62. The smallest absolute Gasteiger partial charge is 0.258 e. The van der Waals surface area contributed by atoms with E-state index in [-0.39, 0.29) is 5.91 Å². The average Bonchev–Trinajstić information content (AvgIpc) is 2.70. The van der Waals surface area contributed by atoms with Gasteiger partial charge < -0.3 is 10.6 Å². The molecule has 0 aliphatic carbocycles. The summed E-state index contributed by atoms with van der Waals surface area (Å²) in [5, 5.41) is 0. The molecule has 24 heavy (non-hydrogen) atoms. The first-order chi connectivity index (χ1) is 11.6. The van der Waals surface area contributed by atoms with Crippen molar-refractivity contribution < 1.29 is 9.59 Å². The maximum atomic E-state index is 12.9. The van der Waals surface area contributed by atoms with Gasteiger partial charge in [0.25, 0.3) is 11.8 Å². The molecule has 1 aliphatic rings. The molecule has 2 amide bonds. The summed E-state index contributed by atoms with van der Waals surface area (Å²) in [7, 11) is 0. The number of nitrogens with zero attached hydrogens (tertiary/aromatic N) is 2. The van der Waals surface area contributed by atoms with Crippen LogP contribution in [0.4, 0.5) is 17.1 Å². The highest BCUT2D eigenvalue weighted by Crippen LogP contribution is 2.37. The molecule has 1 unspecified atom stereocenters. The third kappa shape index (κ3) is 2.78. The van der Waals surface area contributed by atoms with Crippen molar-refractivity contribution in [2.75, 3.05) is 16.3 Å². The van der Waals surface area contributed by atoms with Gasteiger partial charge in [-0.3, -0.25) is 14.5 Å². The lowest BCUT2D eigenvalue weighted by Gasteiger charge is -2.25. The van der Waals surface area contributed by atoms with Gasteiger partial charge in [0.05, 0.1) is 11.4 Å². The summed E-state index contributed by atoms with van der Waals surface area (Å²) in [5.74, 6) is -0.753. The molecule has 0 saturated carbocycles. The van der Waals surface area contributed by atoms with Crippen LogP contribution in [0.25, 0.3) is 0 Å². The summed E-state index contributed by atoms with van der Waals surface area (Å²) < 4.78 is 0. The third-order valence-electron chi connectivity index (χ3n) is 4.18. The van der Waals surface area contributed by atoms with Crippen LogP contribution in [0.1, 0.15) is 19.8 Å². The van der Waals surface area contributed by atoms with Crippen LogP contribution in [0.2, 0.25) is 0 Å². The highest BCUT2D eigenvalue weighted by Gasteiger charge is 2.38. The molecule has 0 saturated heterocycles. The van der Waals surface area contributed by atoms with Crippen LogP contribution in [0.5, 0.6) is 0 Å². The minimum Gasteiger partial charge on any atom is -0.312 e. The number of fused-ring (bicyclic) bond motifs is 1. The number of rotatable bonds is 4. The molecule has 1 atom stereocenters. The van der Waals surface area contributed by atoms with Gasteiger partial charge in [0, 0.05) is 12.2 Å². The predicted octanol–water partition coefficient (Wildman–Crippen LogP) is 2.83. The summed E-state index contributed by atoms with van der Waals surface area (Å²) in [6.45, 7) is 2.62. The van der Waals surface area contributed by atoms with E-state index >= 15 is 0 Å². The molecule has 0 radical (unpaired) electrons.